The normalized spacial score (nSPS) is 18.3. The second-order valence-electron chi connectivity index (χ2n) is 8.43. The van der Waals surface area contributed by atoms with Gasteiger partial charge in [-0.1, -0.05) is 31.5 Å². The molecule has 33 heavy (non-hydrogen) atoms. The van der Waals surface area contributed by atoms with Gasteiger partial charge in [0.05, 0.1) is 4.21 Å². The van der Waals surface area contributed by atoms with Gasteiger partial charge in [0, 0.05) is 50.5 Å². The van der Waals surface area contributed by atoms with E-state index in [1.54, 1.807) is 29.2 Å². The van der Waals surface area contributed by atoms with Gasteiger partial charge in [0.15, 0.2) is 5.78 Å². The third-order valence-electron chi connectivity index (χ3n) is 6.16. The quantitative estimate of drug-likeness (QED) is 0.419. The minimum atomic E-state index is -0.361. The Labute approximate surface area is 208 Å². The molecule has 2 N–H and O–H groups in total. The summed E-state index contributed by atoms with van der Waals surface area (Å²) in [4.78, 5) is 28.2. The topological polar surface area (TPSA) is 58.2 Å². The summed E-state index contributed by atoms with van der Waals surface area (Å²) >= 11 is 9.86. The molecule has 2 aliphatic rings. The Morgan fingerprint density at radius 1 is 1.24 bits per heavy atom. The van der Waals surface area contributed by atoms with Crippen LogP contribution in [0.4, 0.5) is 5.69 Å². The summed E-state index contributed by atoms with van der Waals surface area (Å²) in [5.41, 5.74) is 5.83. The number of carbonyl (C=O) groups excluding carboxylic acids is 2. The Morgan fingerprint density at radius 3 is 2.73 bits per heavy atom. The largest absolute Gasteiger partial charge is 0.362 e. The number of ketones is 1. The van der Waals surface area contributed by atoms with E-state index >= 15 is 0 Å². The maximum absolute atomic E-state index is 13.7. The number of hydrogen-bond donors (Lipinski definition) is 2. The molecule has 1 aliphatic heterocycles. The lowest BCUT2D eigenvalue weighted by Crippen LogP contribution is -2.35. The first-order valence-electron chi connectivity index (χ1n) is 11.4. The highest BCUT2D eigenvalue weighted by molar-refractivity contribution is 8.01. The highest BCUT2D eigenvalue weighted by Gasteiger charge is 2.40. The molecule has 1 amide bonds. The summed E-state index contributed by atoms with van der Waals surface area (Å²) in [5.74, 6) is 0.516. The average molecular weight is 501 g/mol. The van der Waals surface area contributed by atoms with Gasteiger partial charge in [-0.3, -0.25) is 9.59 Å². The van der Waals surface area contributed by atoms with Crippen LogP contribution >= 0.6 is 34.7 Å². The molecule has 1 atom stereocenters. The van der Waals surface area contributed by atoms with Crippen molar-refractivity contribution < 1.29 is 9.59 Å². The molecule has 4 rings (SSSR count). The zero-order chi connectivity index (χ0) is 23.7. The van der Waals surface area contributed by atoms with Crippen LogP contribution < -0.4 is 10.6 Å². The number of thioether (sulfide) groups is 1. The number of hydrogen-bond acceptors (Lipinski definition) is 5. The summed E-state index contributed by atoms with van der Waals surface area (Å²) in [6.45, 7) is 8.14. The lowest BCUT2D eigenvalue weighted by atomic mass is 9.75. The Kier molecular flexibility index (Phi) is 7.37. The first-order chi connectivity index (χ1) is 15.8. The van der Waals surface area contributed by atoms with Gasteiger partial charge in [-0.25, -0.2) is 0 Å². The van der Waals surface area contributed by atoms with E-state index in [2.05, 4.69) is 30.5 Å². The number of dihydropyridines is 1. The van der Waals surface area contributed by atoms with Crippen molar-refractivity contribution in [2.24, 2.45) is 0 Å². The number of rotatable bonds is 6. The lowest BCUT2D eigenvalue weighted by Gasteiger charge is -2.34. The van der Waals surface area contributed by atoms with E-state index in [1.807, 2.05) is 26.0 Å². The molecule has 0 spiro atoms. The van der Waals surface area contributed by atoms with Crippen molar-refractivity contribution in [2.45, 2.75) is 63.5 Å². The SMILES string of the molecule is CCSc1sc(CC)cc1[C@H]1C(C(=O)Nc2ccc(C)c(Cl)c2)=C(C)NC2=C1C(=O)CCC2. The first kappa shape index (κ1) is 24.1. The average Bonchev–Trinajstić information content (AvgIpc) is 3.18. The number of nitrogens with one attached hydrogen (secondary N) is 2. The fourth-order valence-corrected chi connectivity index (χ4v) is 7.08. The molecule has 0 radical (unpaired) electrons. The van der Waals surface area contributed by atoms with Crippen LogP contribution in [0.5, 0.6) is 0 Å². The minimum absolute atomic E-state index is 0.140. The number of Topliss-reactive ketones (excluding diaryl/α,β-unsaturated/α-hetero) is 1. The Morgan fingerprint density at radius 2 is 2.03 bits per heavy atom. The number of halogens is 1. The summed E-state index contributed by atoms with van der Waals surface area (Å²) in [6, 6.07) is 7.72. The van der Waals surface area contributed by atoms with Crippen molar-refractivity contribution in [1.29, 1.82) is 0 Å². The fourth-order valence-electron chi connectivity index (χ4n) is 4.52. The highest BCUT2D eigenvalue weighted by Crippen LogP contribution is 2.47. The molecule has 1 aromatic heterocycles. The number of amides is 1. The maximum atomic E-state index is 13.7. The highest BCUT2D eigenvalue weighted by atomic mass is 35.5. The van der Waals surface area contributed by atoms with Gasteiger partial charge in [0.2, 0.25) is 0 Å². The number of benzene rings is 1. The van der Waals surface area contributed by atoms with Crippen molar-refractivity contribution in [3.8, 4) is 0 Å². The molecule has 7 heteroatoms. The van der Waals surface area contributed by atoms with E-state index < -0.39 is 0 Å². The van der Waals surface area contributed by atoms with Crippen molar-refractivity contribution in [3.05, 3.63) is 67.8 Å². The van der Waals surface area contributed by atoms with Crippen LogP contribution in [-0.2, 0) is 16.0 Å². The number of carbonyl (C=O) groups is 2. The third-order valence-corrected chi connectivity index (χ3v) is 9.05. The van der Waals surface area contributed by atoms with E-state index in [1.165, 1.54) is 9.09 Å². The summed E-state index contributed by atoms with van der Waals surface area (Å²) < 4.78 is 1.20. The molecule has 0 saturated heterocycles. The van der Waals surface area contributed by atoms with Gasteiger partial charge in [-0.2, -0.15) is 0 Å². The zero-order valence-corrected chi connectivity index (χ0v) is 21.8. The predicted molar refractivity (Wildman–Crippen MR) is 139 cm³/mol. The number of thiophene rings is 1. The van der Waals surface area contributed by atoms with Crippen LogP contribution in [0, 0.1) is 6.92 Å². The van der Waals surface area contributed by atoms with Crippen LogP contribution in [0.3, 0.4) is 0 Å². The molecule has 2 aromatic rings. The molecule has 0 bridgehead atoms. The molecule has 0 fully saturated rings. The molecule has 4 nitrogen and oxygen atoms in total. The van der Waals surface area contributed by atoms with E-state index in [0.717, 1.165) is 53.1 Å². The first-order valence-corrected chi connectivity index (χ1v) is 13.6. The van der Waals surface area contributed by atoms with Gasteiger partial charge < -0.3 is 10.6 Å². The minimum Gasteiger partial charge on any atom is -0.362 e. The molecular formula is C26H29ClN2O2S2. The van der Waals surface area contributed by atoms with Crippen LogP contribution in [0.1, 0.15) is 62.0 Å². The van der Waals surface area contributed by atoms with Gasteiger partial charge in [0.1, 0.15) is 0 Å². The van der Waals surface area contributed by atoms with Crippen molar-refractivity contribution in [1.82, 2.24) is 5.32 Å². The number of allylic oxidation sites excluding steroid dienone is 3. The van der Waals surface area contributed by atoms with E-state index in [9.17, 15) is 9.59 Å². The van der Waals surface area contributed by atoms with E-state index in [4.69, 9.17) is 11.6 Å². The summed E-state index contributed by atoms with van der Waals surface area (Å²) in [6.07, 6.45) is 3.13. The molecule has 0 unspecified atom stereocenters. The second-order valence-corrected chi connectivity index (χ2v) is 11.5. The number of aryl methyl sites for hydroxylation is 2. The van der Waals surface area contributed by atoms with Crippen LogP contribution in [-0.4, -0.2) is 17.4 Å². The van der Waals surface area contributed by atoms with Gasteiger partial charge in [0.25, 0.3) is 5.91 Å². The van der Waals surface area contributed by atoms with Gasteiger partial charge in [-0.05, 0) is 68.2 Å². The third kappa shape index (κ3) is 4.79. The summed E-state index contributed by atoms with van der Waals surface area (Å²) in [7, 11) is 0. The van der Waals surface area contributed by atoms with Gasteiger partial charge >= 0.3 is 0 Å². The number of anilines is 1. The van der Waals surface area contributed by atoms with Crippen LogP contribution in [0.2, 0.25) is 5.02 Å². The smallest absolute Gasteiger partial charge is 0.254 e. The molecule has 2 heterocycles. The van der Waals surface area contributed by atoms with Crippen LogP contribution in [0.15, 0.2) is 51.0 Å². The van der Waals surface area contributed by atoms with Crippen molar-refractivity contribution in [2.75, 3.05) is 11.1 Å². The maximum Gasteiger partial charge on any atom is 0.254 e. The van der Waals surface area contributed by atoms with E-state index in [0.29, 0.717) is 22.7 Å². The van der Waals surface area contributed by atoms with Crippen LogP contribution in [0.25, 0.3) is 0 Å². The standard InChI is InChI=1S/C26H29ClN2O2S2/c1-5-17-13-18(26(33-17)32-6-2)23-22(15(4)28-20-8-7-9-21(30)24(20)23)25(31)29-16-11-10-14(3)19(27)12-16/h10-13,23,28H,5-9H2,1-4H3,(H,29,31)/t23-/m0/s1. The monoisotopic (exact) mass is 500 g/mol. The molecule has 1 aromatic carbocycles. The Balaban J connectivity index is 1.82. The molecule has 1 aliphatic carbocycles. The summed E-state index contributed by atoms with van der Waals surface area (Å²) in [5, 5.41) is 7.05. The fraction of sp³-hybridized carbons (Fsp3) is 0.385. The molecule has 174 valence electrons. The molecule has 0 saturated carbocycles. The van der Waals surface area contributed by atoms with Crippen molar-refractivity contribution >= 4 is 52.1 Å². The lowest BCUT2D eigenvalue weighted by molar-refractivity contribution is -0.116. The van der Waals surface area contributed by atoms with Crippen molar-refractivity contribution in [3.63, 3.8) is 0 Å². The Bertz CT molecular complexity index is 1180. The second kappa shape index (κ2) is 10.1. The predicted octanol–water partition coefficient (Wildman–Crippen LogP) is 6.99. The zero-order valence-electron chi connectivity index (χ0n) is 19.4. The van der Waals surface area contributed by atoms with Gasteiger partial charge in [-0.15, -0.1) is 23.1 Å². The Hall–Kier alpha value is -2.02. The molecular weight excluding hydrogens is 472 g/mol. The van der Waals surface area contributed by atoms with E-state index in [-0.39, 0.29) is 17.6 Å².